The summed E-state index contributed by atoms with van der Waals surface area (Å²) >= 11 is 6.97. The van der Waals surface area contributed by atoms with Gasteiger partial charge in [0.25, 0.3) is 0 Å². The highest BCUT2D eigenvalue weighted by atomic mass is 32.2. The minimum Gasteiger partial charge on any atom is -0.497 e. The summed E-state index contributed by atoms with van der Waals surface area (Å²) in [5.41, 5.74) is 8.14. The van der Waals surface area contributed by atoms with Gasteiger partial charge in [0.05, 0.1) is 25.3 Å². The molecule has 1 saturated heterocycles. The molecule has 0 aliphatic carbocycles. The number of rotatable bonds is 5. The number of β-lactam (4-membered cyclic amide) rings is 1. The first-order chi connectivity index (χ1) is 12.1. The number of nitriles is 1. The lowest BCUT2D eigenvalue weighted by molar-refractivity contribution is -0.140. The van der Waals surface area contributed by atoms with Gasteiger partial charge in [-0.25, -0.2) is 0 Å². The van der Waals surface area contributed by atoms with Crippen LogP contribution in [0.3, 0.4) is 0 Å². The Hall–Kier alpha value is -2.08. The normalized spacial score (nSPS) is 22.0. The van der Waals surface area contributed by atoms with Gasteiger partial charge in [0, 0.05) is 5.75 Å². The molecule has 3 rings (SSSR count). The van der Waals surface area contributed by atoms with E-state index in [9.17, 15) is 4.79 Å². The summed E-state index contributed by atoms with van der Waals surface area (Å²) in [7, 11) is 1.61. The van der Waals surface area contributed by atoms with Crippen LogP contribution in [0, 0.1) is 11.3 Å². The van der Waals surface area contributed by atoms with E-state index in [1.807, 2.05) is 24.3 Å². The average molecular weight is 375 g/mol. The topological polar surface area (TPSA) is 88.6 Å². The quantitative estimate of drug-likeness (QED) is 0.621. The molecule has 1 aromatic carbocycles. The van der Waals surface area contributed by atoms with Crippen molar-refractivity contribution in [2.45, 2.75) is 24.4 Å². The largest absolute Gasteiger partial charge is 0.497 e. The Morgan fingerprint density at radius 2 is 2.20 bits per heavy atom. The molecule has 2 atom stereocenters. The molecule has 6 nitrogen and oxygen atoms in total. The van der Waals surface area contributed by atoms with Gasteiger partial charge in [-0.3, -0.25) is 9.69 Å². The zero-order valence-corrected chi connectivity index (χ0v) is 15.2. The first kappa shape index (κ1) is 17.7. The van der Waals surface area contributed by atoms with E-state index >= 15 is 0 Å². The molecule has 0 bridgehead atoms. The van der Waals surface area contributed by atoms with Crippen LogP contribution >= 0.6 is 24.0 Å². The fraction of sp³-hybridized carbons (Fsp3) is 0.353. The SMILES string of the molecule is COc1ccc(COC(=S)C2=C(CC#N)CS[C@@H]3[C@H](N)C(=O)N23)cc1. The van der Waals surface area contributed by atoms with E-state index in [0.29, 0.717) is 11.4 Å². The smallest absolute Gasteiger partial charge is 0.248 e. The van der Waals surface area contributed by atoms with Gasteiger partial charge in [0.2, 0.25) is 11.0 Å². The maximum absolute atomic E-state index is 12.1. The van der Waals surface area contributed by atoms with Crippen molar-refractivity contribution >= 4 is 34.9 Å². The molecule has 2 N–H and O–H groups in total. The van der Waals surface area contributed by atoms with Gasteiger partial charge in [0.15, 0.2) is 0 Å². The second-order valence-corrected chi connectivity index (χ2v) is 7.12. The van der Waals surface area contributed by atoms with Gasteiger partial charge < -0.3 is 15.2 Å². The van der Waals surface area contributed by atoms with Gasteiger partial charge in [-0.2, -0.15) is 5.26 Å². The number of methoxy groups -OCH3 is 1. The summed E-state index contributed by atoms with van der Waals surface area (Å²) in [5.74, 6) is 1.20. The highest BCUT2D eigenvalue weighted by Crippen LogP contribution is 2.40. The number of ether oxygens (including phenoxy) is 2. The van der Waals surface area contributed by atoms with Crippen LogP contribution < -0.4 is 10.5 Å². The molecule has 1 aromatic rings. The van der Waals surface area contributed by atoms with E-state index in [-0.39, 0.29) is 29.4 Å². The van der Waals surface area contributed by atoms with Gasteiger partial charge in [-0.05, 0) is 35.5 Å². The van der Waals surface area contributed by atoms with E-state index in [0.717, 1.165) is 16.9 Å². The van der Waals surface area contributed by atoms with Crippen molar-refractivity contribution < 1.29 is 14.3 Å². The van der Waals surface area contributed by atoms with Crippen molar-refractivity contribution in [3.05, 3.63) is 41.1 Å². The maximum atomic E-state index is 12.1. The maximum Gasteiger partial charge on any atom is 0.248 e. The molecule has 2 aliphatic heterocycles. The number of nitrogens with zero attached hydrogens (tertiary/aromatic N) is 2. The van der Waals surface area contributed by atoms with Crippen LogP contribution in [-0.4, -0.2) is 40.1 Å². The highest BCUT2D eigenvalue weighted by molar-refractivity contribution is 8.00. The number of benzene rings is 1. The molecule has 2 aliphatic rings. The van der Waals surface area contributed by atoms with Crippen LogP contribution in [0.15, 0.2) is 35.5 Å². The monoisotopic (exact) mass is 375 g/mol. The fourth-order valence-electron chi connectivity index (χ4n) is 2.74. The Morgan fingerprint density at radius 1 is 1.48 bits per heavy atom. The molecule has 0 radical (unpaired) electrons. The Morgan fingerprint density at radius 3 is 2.84 bits per heavy atom. The molecule has 130 valence electrons. The molecule has 0 saturated carbocycles. The van der Waals surface area contributed by atoms with Crippen molar-refractivity contribution in [2.75, 3.05) is 12.9 Å². The Labute approximate surface area is 155 Å². The highest BCUT2D eigenvalue weighted by Gasteiger charge is 2.51. The third-order valence-electron chi connectivity index (χ3n) is 4.10. The minimum atomic E-state index is -0.520. The van der Waals surface area contributed by atoms with Crippen molar-refractivity contribution in [2.24, 2.45) is 5.73 Å². The molecule has 25 heavy (non-hydrogen) atoms. The molecule has 8 heteroatoms. The van der Waals surface area contributed by atoms with Crippen LogP contribution in [0.2, 0.25) is 0 Å². The van der Waals surface area contributed by atoms with E-state index in [1.165, 1.54) is 0 Å². The number of thioether (sulfide) groups is 1. The molecule has 0 unspecified atom stereocenters. The zero-order valence-electron chi connectivity index (χ0n) is 13.6. The number of carbonyl (C=O) groups is 1. The standard InChI is InChI=1S/C17H17N3O3S2/c1-22-12-4-2-10(3-5-12)8-23-17(24)14-11(6-7-18)9-25-16-13(19)15(21)20(14)16/h2-5,13,16H,6,8-9,19H2,1H3/t13-,16-/m1/s1. The third kappa shape index (κ3) is 3.35. The van der Waals surface area contributed by atoms with Crippen molar-refractivity contribution in [3.63, 3.8) is 0 Å². The van der Waals surface area contributed by atoms with Gasteiger partial charge in [-0.15, -0.1) is 11.8 Å². The van der Waals surface area contributed by atoms with Gasteiger partial charge in [-0.1, -0.05) is 12.1 Å². The van der Waals surface area contributed by atoms with Crippen LogP contribution in [0.5, 0.6) is 5.75 Å². The summed E-state index contributed by atoms with van der Waals surface area (Å²) in [6.07, 6.45) is 0.208. The van der Waals surface area contributed by atoms with Gasteiger partial charge in [0.1, 0.15) is 23.8 Å². The summed E-state index contributed by atoms with van der Waals surface area (Å²) < 4.78 is 10.9. The minimum absolute atomic E-state index is 0.132. The lowest BCUT2D eigenvalue weighted by Gasteiger charge is -2.48. The first-order valence-corrected chi connectivity index (χ1v) is 9.11. The van der Waals surface area contributed by atoms with Crippen LogP contribution in [-0.2, 0) is 16.1 Å². The van der Waals surface area contributed by atoms with E-state index < -0.39 is 6.04 Å². The van der Waals surface area contributed by atoms with Gasteiger partial charge >= 0.3 is 0 Å². The second-order valence-electron chi connectivity index (χ2n) is 5.65. The summed E-state index contributed by atoms with van der Waals surface area (Å²) in [6.45, 7) is 0.276. The number of nitrogens with two attached hydrogens (primary N) is 1. The summed E-state index contributed by atoms with van der Waals surface area (Å²) in [4.78, 5) is 13.7. The van der Waals surface area contributed by atoms with Crippen molar-refractivity contribution in [1.29, 1.82) is 5.26 Å². The molecule has 2 heterocycles. The van der Waals surface area contributed by atoms with E-state index in [2.05, 4.69) is 6.07 Å². The number of carbonyl (C=O) groups excluding carboxylic acids is 1. The lowest BCUT2D eigenvalue weighted by atomic mass is 10.0. The van der Waals surface area contributed by atoms with E-state index in [1.54, 1.807) is 23.8 Å². The third-order valence-corrected chi connectivity index (χ3v) is 5.78. The molecular weight excluding hydrogens is 358 g/mol. The first-order valence-electron chi connectivity index (χ1n) is 7.66. The van der Waals surface area contributed by atoms with Crippen LogP contribution in [0.1, 0.15) is 12.0 Å². The van der Waals surface area contributed by atoms with Crippen molar-refractivity contribution in [1.82, 2.24) is 4.90 Å². The molecule has 0 aromatic heterocycles. The van der Waals surface area contributed by atoms with Crippen LogP contribution in [0.25, 0.3) is 0 Å². The number of fused-ring (bicyclic) bond motifs is 1. The Kier molecular flexibility index (Phi) is 5.27. The summed E-state index contributed by atoms with van der Waals surface area (Å²) in [6, 6.07) is 9.06. The molecule has 0 spiro atoms. The molecule has 1 fully saturated rings. The Bertz CT molecular complexity index is 770. The lowest BCUT2D eigenvalue weighted by Crippen LogP contribution is -2.68. The van der Waals surface area contributed by atoms with E-state index in [4.69, 9.17) is 32.7 Å². The number of thiocarbonyl (C=S) groups is 1. The average Bonchev–Trinajstić information content (AvgIpc) is 2.65. The predicted octanol–water partition coefficient (Wildman–Crippen LogP) is 1.95. The number of hydrogen-bond donors (Lipinski definition) is 1. The molecular formula is C17H17N3O3S2. The predicted molar refractivity (Wildman–Crippen MR) is 98.7 cm³/mol. The van der Waals surface area contributed by atoms with Crippen LogP contribution in [0.4, 0.5) is 0 Å². The second kappa shape index (κ2) is 7.44. The Balaban J connectivity index is 1.75. The molecule has 1 amide bonds. The zero-order chi connectivity index (χ0) is 18.0. The van der Waals surface area contributed by atoms with Crippen molar-refractivity contribution in [3.8, 4) is 11.8 Å². The fourth-order valence-corrected chi connectivity index (χ4v) is 4.33. The number of hydrogen-bond acceptors (Lipinski definition) is 7. The number of amides is 1. The summed E-state index contributed by atoms with van der Waals surface area (Å²) in [5, 5.41) is 9.14.